The van der Waals surface area contributed by atoms with E-state index in [9.17, 15) is 0 Å². The number of rotatable bonds is 5. The molecule has 0 amide bonds. The molecule has 1 rings (SSSR count). The van der Waals surface area contributed by atoms with Crippen LogP contribution in [0.1, 0.15) is 43.0 Å². The van der Waals surface area contributed by atoms with E-state index < -0.39 is 0 Å². The molecular weight excluding hydrogens is 192 g/mol. The molecule has 0 bridgehead atoms. The molecule has 0 fully saturated rings. The molecule has 0 aliphatic carbocycles. The second-order valence-corrected chi connectivity index (χ2v) is 4.76. The first-order valence-corrected chi connectivity index (χ1v) is 7.19. The Kier molecular flexibility index (Phi) is 5.69. The highest BCUT2D eigenvalue weighted by Crippen LogP contribution is 2.21. The van der Waals surface area contributed by atoms with Crippen molar-refractivity contribution < 1.29 is 0 Å². The molecule has 0 aliphatic heterocycles. The van der Waals surface area contributed by atoms with Gasteiger partial charge in [0, 0.05) is 0 Å². The summed E-state index contributed by atoms with van der Waals surface area (Å²) < 4.78 is 1.28. The van der Waals surface area contributed by atoms with E-state index in [1.807, 2.05) is 0 Å². The summed E-state index contributed by atoms with van der Waals surface area (Å²) in [6, 6.07) is 4.82. The van der Waals surface area contributed by atoms with Gasteiger partial charge in [-0.1, -0.05) is 39.3 Å². The van der Waals surface area contributed by atoms with Crippen LogP contribution in [0.4, 0.5) is 0 Å². The van der Waals surface area contributed by atoms with Gasteiger partial charge >= 0.3 is 0 Å². The quantitative estimate of drug-likeness (QED) is 0.657. The molecule has 0 unspecified atom stereocenters. The SMILES string of the molecule is CCc1cc(CC)c(C[CH2][Mg])c(CC)c1. The van der Waals surface area contributed by atoms with Crippen molar-refractivity contribution in [2.45, 2.75) is 51.0 Å². The standard InChI is InChI=1S/C14H21.Mg/c1-5-11-9-12(6-2)14(8-4)13(7-3)10-11;/h9-10H,4-8H2,1-3H3;. The van der Waals surface area contributed by atoms with Crippen LogP contribution < -0.4 is 0 Å². The van der Waals surface area contributed by atoms with Gasteiger partial charge in [-0.15, -0.1) is 0 Å². The number of hydrogen-bond acceptors (Lipinski definition) is 0. The molecule has 0 atom stereocenters. The fourth-order valence-electron chi connectivity index (χ4n) is 2.20. The van der Waals surface area contributed by atoms with Gasteiger partial charge in [0.1, 0.15) is 0 Å². The Bertz CT molecular complexity index is 290. The topological polar surface area (TPSA) is 0 Å². The van der Waals surface area contributed by atoms with E-state index in [-0.39, 0.29) is 0 Å². The van der Waals surface area contributed by atoms with Crippen molar-refractivity contribution in [2.75, 3.05) is 0 Å². The molecule has 1 radical (unpaired) electrons. The van der Waals surface area contributed by atoms with Crippen molar-refractivity contribution >= 4 is 21.7 Å². The first-order chi connectivity index (χ1) is 7.26. The van der Waals surface area contributed by atoms with Crippen LogP contribution >= 0.6 is 0 Å². The van der Waals surface area contributed by atoms with Gasteiger partial charge in [0.2, 0.25) is 21.7 Å². The molecule has 0 saturated heterocycles. The normalized spacial score (nSPS) is 10.5. The molecule has 0 spiro atoms. The Labute approximate surface area is 107 Å². The van der Waals surface area contributed by atoms with Crippen molar-refractivity contribution in [1.82, 2.24) is 0 Å². The van der Waals surface area contributed by atoms with Crippen LogP contribution in [-0.4, -0.2) is 21.7 Å². The summed E-state index contributed by atoms with van der Waals surface area (Å²) >= 11 is 2.08. The van der Waals surface area contributed by atoms with E-state index in [2.05, 4.69) is 54.6 Å². The van der Waals surface area contributed by atoms with Crippen molar-refractivity contribution in [3.63, 3.8) is 0 Å². The maximum atomic E-state index is 2.41. The molecule has 0 aliphatic rings. The highest BCUT2D eigenvalue weighted by Gasteiger charge is 2.06. The van der Waals surface area contributed by atoms with Crippen LogP contribution in [0, 0.1) is 0 Å². The minimum atomic E-state index is 1.16. The third-order valence-corrected chi connectivity index (χ3v) is 3.44. The molecule has 0 saturated carbocycles. The summed E-state index contributed by atoms with van der Waals surface area (Å²) in [5, 5.41) is 0. The summed E-state index contributed by atoms with van der Waals surface area (Å²) in [6.07, 6.45) is 4.78. The van der Waals surface area contributed by atoms with Crippen LogP contribution in [0.3, 0.4) is 0 Å². The van der Waals surface area contributed by atoms with E-state index in [0.717, 1.165) is 6.42 Å². The van der Waals surface area contributed by atoms with E-state index in [0.29, 0.717) is 0 Å². The maximum Gasteiger partial charge on any atom is 0.222 e. The minimum Gasteiger partial charge on any atom is -0.173 e. The number of benzene rings is 1. The van der Waals surface area contributed by atoms with Gasteiger partial charge in [-0.25, -0.2) is 0 Å². The third-order valence-electron chi connectivity index (χ3n) is 3.09. The van der Waals surface area contributed by atoms with E-state index >= 15 is 0 Å². The Hall–Kier alpha value is -0.0138. The fraction of sp³-hybridized carbons (Fsp3) is 0.571. The van der Waals surface area contributed by atoms with Crippen LogP contribution in [-0.2, 0) is 25.7 Å². The smallest absolute Gasteiger partial charge is 0.173 e. The molecule has 1 heteroatoms. The molecular formula is C14H21Mg. The van der Waals surface area contributed by atoms with Crippen molar-refractivity contribution in [3.05, 3.63) is 34.4 Å². The monoisotopic (exact) mass is 213 g/mol. The predicted molar refractivity (Wildman–Crippen MR) is 68.8 cm³/mol. The molecule has 15 heavy (non-hydrogen) atoms. The highest BCUT2D eigenvalue weighted by molar-refractivity contribution is 6.08. The lowest BCUT2D eigenvalue weighted by Gasteiger charge is -2.15. The zero-order valence-electron chi connectivity index (χ0n) is 10.4. The van der Waals surface area contributed by atoms with Gasteiger partial charge in [0.05, 0.1) is 0 Å². The molecule has 0 aromatic heterocycles. The zero-order valence-corrected chi connectivity index (χ0v) is 11.8. The van der Waals surface area contributed by atoms with Gasteiger partial charge in [0.15, 0.2) is 0 Å². The van der Waals surface area contributed by atoms with Crippen molar-refractivity contribution in [1.29, 1.82) is 0 Å². The van der Waals surface area contributed by atoms with Gasteiger partial charge in [-0.05, 0) is 41.5 Å². The van der Waals surface area contributed by atoms with Crippen LogP contribution in [0.5, 0.6) is 0 Å². The average molecular weight is 214 g/mol. The Morgan fingerprint density at radius 3 is 1.80 bits per heavy atom. The summed E-state index contributed by atoms with van der Waals surface area (Å²) in [4.78, 5) is 0. The van der Waals surface area contributed by atoms with Crippen molar-refractivity contribution in [2.24, 2.45) is 0 Å². The zero-order chi connectivity index (χ0) is 11.3. The lowest BCUT2D eigenvalue weighted by molar-refractivity contribution is 0.961. The van der Waals surface area contributed by atoms with Crippen LogP contribution in [0.2, 0.25) is 4.55 Å². The van der Waals surface area contributed by atoms with Gasteiger partial charge < -0.3 is 0 Å². The molecule has 0 N–H and O–H groups in total. The van der Waals surface area contributed by atoms with E-state index in [1.54, 1.807) is 16.7 Å². The third kappa shape index (κ3) is 3.22. The van der Waals surface area contributed by atoms with Crippen molar-refractivity contribution in [3.8, 4) is 0 Å². The number of aryl methyl sites for hydroxylation is 3. The van der Waals surface area contributed by atoms with Gasteiger partial charge in [0.25, 0.3) is 0 Å². The summed E-state index contributed by atoms with van der Waals surface area (Å²) in [5.41, 5.74) is 6.30. The van der Waals surface area contributed by atoms with Gasteiger partial charge in [-0.2, -0.15) is 4.55 Å². The first-order valence-electron chi connectivity index (χ1n) is 6.19. The molecule has 1 aromatic carbocycles. The summed E-state index contributed by atoms with van der Waals surface area (Å²) in [5.74, 6) is 0. The Morgan fingerprint density at radius 2 is 1.47 bits per heavy atom. The van der Waals surface area contributed by atoms with E-state index in [4.69, 9.17) is 0 Å². The lowest BCUT2D eigenvalue weighted by Crippen LogP contribution is -2.01. The fourth-order valence-corrected chi connectivity index (χ4v) is 2.56. The average Bonchev–Trinajstić information content (AvgIpc) is 2.29. The summed E-state index contributed by atoms with van der Waals surface area (Å²) in [6.45, 7) is 6.79. The van der Waals surface area contributed by atoms with Gasteiger partial charge in [-0.3, -0.25) is 0 Å². The Balaban J connectivity index is 3.19. The van der Waals surface area contributed by atoms with E-state index in [1.165, 1.54) is 29.4 Å². The number of hydrogen-bond donors (Lipinski definition) is 0. The minimum absolute atomic E-state index is 1.16. The molecule has 0 heterocycles. The second-order valence-electron chi connectivity index (χ2n) is 4.06. The van der Waals surface area contributed by atoms with Crippen LogP contribution in [0.25, 0.3) is 0 Å². The largest absolute Gasteiger partial charge is 0.222 e. The maximum absolute atomic E-state index is 2.41. The summed E-state index contributed by atoms with van der Waals surface area (Å²) in [7, 11) is 0. The predicted octanol–water partition coefficient (Wildman–Crippen LogP) is 3.50. The molecule has 0 nitrogen and oxygen atoms in total. The molecule has 1 aromatic rings. The second kappa shape index (κ2) is 6.54. The first kappa shape index (κ1) is 13.1. The Morgan fingerprint density at radius 1 is 0.933 bits per heavy atom. The lowest BCUT2D eigenvalue weighted by atomic mass is 9.92. The van der Waals surface area contributed by atoms with Crippen LogP contribution in [0.15, 0.2) is 12.1 Å². The molecule has 79 valence electrons. The highest BCUT2D eigenvalue weighted by atomic mass is 24.4.